The molecule has 0 amide bonds. The summed E-state index contributed by atoms with van der Waals surface area (Å²) in [6.45, 7) is 28.8. The van der Waals surface area contributed by atoms with E-state index in [1.54, 1.807) is 0 Å². The predicted molar refractivity (Wildman–Crippen MR) is 323 cm³/mol. The van der Waals surface area contributed by atoms with Gasteiger partial charge in [-0.25, -0.2) is 0 Å². The molecule has 10 aromatic carbocycles. The average Bonchev–Trinajstić information content (AvgIpc) is 3.35. The second kappa shape index (κ2) is 19.2. The first kappa shape index (κ1) is 48.6. The third-order valence-corrected chi connectivity index (χ3v) is 29.3. The molecule has 0 aliphatic rings. The molecule has 0 saturated carbocycles. The molecule has 10 rings (SSSR count). The number of fused-ring (bicyclic) bond motifs is 8. The molecule has 0 atom stereocenters. The molecule has 0 saturated heterocycles. The van der Waals surface area contributed by atoms with Crippen molar-refractivity contribution < 1.29 is 0 Å². The van der Waals surface area contributed by atoms with Crippen molar-refractivity contribution in [3.63, 3.8) is 0 Å². The Balaban J connectivity index is 1.28. The zero-order valence-corrected chi connectivity index (χ0v) is 46.3. The molecule has 0 aliphatic carbocycles. The Labute approximate surface area is 430 Å². The number of hydrogen-bond donors (Lipinski definition) is 0. The van der Waals surface area contributed by atoms with Gasteiger partial charge in [0.15, 0.2) is 0 Å². The van der Waals surface area contributed by atoms with E-state index in [1.165, 1.54) is 43.1 Å². The van der Waals surface area contributed by atoms with Gasteiger partial charge in [0.05, 0.1) is 0 Å². The lowest BCUT2D eigenvalue weighted by atomic mass is 9.88. The summed E-state index contributed by atoms with van der Waals surface area (Å²) >= 11 is 0. The number of hydrogen-bond acceptors (Lipinski definition) is 0. The molecule has 0 radical (unpaired) electrons. The molecule has 2 heteroatoms. The lowest BCUT2D eigenvalue weighted by Gasteiger charge is -2.38. The van der Waals surface area contributed by atoms with Crippen molar-refractivity contribution in [1.29, 1.82) is 0 Å². The maximum Gasteiger partial charge on any atom is 0.146 e. The number of benzene rings is 10. The molecule has 0 N–H and O–H groups in total. The van der Waals surface area contributed by atoms with Crippen LogP contribution in [0.1, 0.15) is 105 Å². The smallest absolute Gasteiger partial charge is 0.125 e. The Morgan fingerprint density at radius 3 is 0.583 bits per heavy atom. The largest absolute Gasteiger partial charge is 0.146 e. The first-order chi connectivity index (χ1) is 34.6. The van der Waals surface area contributed by atoms with Crippen molar-refractivity contribution in [3.05, 3.63) is 168 Å². The molecular formula is C70H66Si2. The van der Waals surface area contributed by atoms with Crippen molar-refractivity contribution in [3.8, 4) is 46.6 Å². The van der Waals surface area contributed by atoms with Crippen LogP contribution >= 0.6 is 0 Å². The summed E-state index contributed by atoms with van der Waals surface area (Å²) in [7, 11) is -4.16. The highest BCUT2D eigenvalue weighted by molar-refractivity contribution is 6.91. The van der Waals surface area contributed by atoms with E-state index in [0.717, 1.165) is 65.3 Å². The topological polar surface area (TPSA) is 0 Å². The van der Waals surface area contributed by atoms with Crippen LogP contribution < -0.4 is 0 Å². The fourth-order valence-electron chi connectivity index (χ4n) is 13.1. The molecule has 0 aliphatic heterocycles. The van der Waals surface area contributed by atoms with Gasteiger partial charge in [0, 0.05) is 22.3 Å². The monoisotopic (exact) mass is 962 g/mol. The van der Waals surface area contributed by atoms with Crippen LogP contribution in [0.2, 0.25) is 33.2 Å². The van der Waals surface area contributed by atoms with Crippen LogP contribution in [0.15, 0.2) is 146 Å². The van der Waals surface area contributed by atoms with Gasteiger partial charge >= 0.3 is 0 Å². The molecule has 0 unspecified atom stereocenters. The van der Waals surface area contributed by atoms with Crippen molar-refractivity contribution in [1.82, 2.24) is 0 Å². The predicted octanol–water partition coefficient (Wildman–Crippen LogP) is 19.5. The molecule has 72 heavy (non-hydrogen) atoms. The minimum absolute atomic E-state index is 0.518. The van der Waals surface area contributed by atoms with Crippen molar-refractivity contribution in [2.24, 2.45) is 0 Å². The van der Waals surface area contributed by atoms with Crippen LogP contribution in [0.4, 0.5) is 0 Å². The highest BCUT2D eigenvalue weighted by atomic mass is 28.3. The van der Waals surface area contributed by atoms with E-state index in [1.807, 2.05) is 0 Å². The summed E-state index contributed by atoms with van der Waals surface area (Å²) in [5, 5.41) is 18.6. The van der Waals surface area contributed by atoms with Crippen LogP contribution in [0.25, 0.3) is 86.2 Å². The first-order valence-electron chi connectivity index (χ1n) is 26.3. The van der Waals surface area contributed by atoms with E-state index in [-0.39, 0.29) is 0 Å². The van der Waals surface area contributed by atoms with Gasteiger partial charge in [0.2, 0.25) is 0 Å². The van der Waals surface area contributed by atoms with Crippen LogP contribution in [-0.2, 0) is 0 Å². The maximum absolute atomic E-state index is 4.13. The molecule has 0 bridgehead atoms. The van der Waals surface area contributed by atoms with E-state index >= 15 is 0 Å². The average molecular weight is 963 g/mol. The van der Waals surface area contributed by atoms with E-state index < -0.39 is 16.1 Å². The second-order valence-electron chi connectivity index (χ2n) is 22.3. The van der Waals surface area contributed by atoms with Crippen molar-refractivity contribution >= 4 is 102 Å². The standard InChI is InChI=1S/C70H66Si2/c1-45(2)71(46(3)4,47(5)6)35-33-61-67-41-55-27-17-13-23-51(55)37-63(67)59(64-38-52-24-14-18-28-56(52)42-68(61)64)31-21-22-32-60-65-39-53-25-15-19-29-57(53)43-69(65)62(34-36-72(48(7)8,49(9)10)50(11)12)70-44-58-30-20-16-26-54(58)40-66(60)70/h13-20,23-30,37-50H,1-12H3. The highest BCUT2D eigenvalue weighted by Gasteiger charge is 2.43. The van der Waals surface area contributed by atoms with Gasteiger partial charge in [-0.15, -0.1) is 11.1 Å². The SMILES string of the molecule is CC(C)[Si](C#Cc1c2cc3ccccc3cc2c(C#CC#Cc2c3cc4ccccc4cc3c(C#C[Si](C(C)C)(C(C)C)C(C)C)c3cc4ccccc4cc23)c2cc3ccccc3cc12)(C(C)C)C(C)C. The minimum atomic E-state index is -2.08. The molecule has 354 valence electrons. The molecule has 10 aromatic rings. The molecular weight excluding hydrogens is 897 g/mol. The van der Waals surface area contributed by atoms with Crippen LogP contribution in [-0.4, -0.2) is 16.1 Å². The highest BCUT2D eigenvalue weighted by Crippen LogP contribution is 2.44. The van der Waals surface area contributed by atoms with E-state index in [0.29, 0.717) is 33.2 Å². The lowest BCUT2D eigenvalue weighted by molar-refractivity contribution is 0.838. The van der Waals surface area contributed by atoms with Gasteiger partial charge in [-0.3, -0.25) is 0 Å². The first-order valence-corrected chi connectivity index (χ1v) is 30.8. The summed E-state index contributed by atoms with van der Waals surface area (Å²) in [5.74, 6) is 22.4. The normalized spacial score (nSPS) is 12.2. The van der Waals surface area contributed by atoms with Gasteiger partial charge in [-0.2, -0.15) is 0 Å². The summed E-state index contributed by atoms with van der Waals surface area (Å²) in [4.78, 5) is 0. The Hall–Kier alpha value is -7.05. The lowest BCUT2D eigenvalue weighted by Crippen LogP contribution is -2.43. The summed E-state index contributed by atoms with van der Waals surface area (Å²) in [6.07, 6.45) is 0. The number of rotatable bonds is 6. The quantitative estimate of drug-likeness (QED) is 0.0885. The second-order valence-corrected chi connectivity index (χ2v) is 33.4. The van der Waals surface area contributed by atoms with E-state index in [2.05, 4.69) is 275 Å². The van der Waals surface area contributed by atoms with Crippen molar-refractivity contribution in [2.45, 2.75) is 116 Å². The van der Waals surface area contributed by atoms with Crippen LogP contribution in [0.5, 0.6) is 0 Å². The Morgan fingerprint density at radius 1 is 0.250 bits per heavy atom. The third kappa shape index (κ3) is 8.17. The third-order valence-electron chi connectivity index (χ3n) is 16.7. The van der Waals surface area contributed by atoms with Gasteiger partial charge in [0.1, 0.15) is 16.1 Å². The van der Waals surface area contributed by atoms with Crippen LogP contribution in [0, 0.1) is 46.6 Å². The fourth-order valence-corrected chi connectivity index (χ4v) is 23.5. The van der Waals surface area contributed by atoms with E-state index in [9.17, 15) is 0 Å². The zero-order valence-electron chi connectivity index (χ0n) is 44.3. The Morgan fingerprint density at radius 2 is 0.417 bits per heavy atom. The Kier molecular flexibility index (Phi) is 12.9. The van der Waals surface area contributed by atoms with Gasteiger partial charge in [-0.1, -0.05) is 204 Å². The molecule has 0 spiro atoms. The fraction of sp³-hybridized carbons (Fsp3) is 0.257. The van der Waals surface area contributed by atoms with Gasteiger partial charge in [0.25, 0.3) is 0 Å². The van der Waals surface area contributed by atoms with Crippen LogP contribution in [0.3, 0.4) is 0 Å². The van der Waals surface area contributed by atoms with Gasteiger partial charge in [-0.05, 0) is 180 Å². The summed E-state index contributed by atoms with van der Waals surface area (Å²) in [5.41, 5.74) is 15.5. The Bertz CT molecular complexity index is 3590. The zero-order chi connectivity index (χ0) is 50.6. The van der Waals surface area contributed by atoms with Crippen molar-refractivity contribution in [2.75, 3.05) is 0 Å². The molecule has 0 heterocycles. The minimum Gasteiger partial charge on any atom is -0.125 e. The molecule has 0 nitrogen and oxygen atoms in total. The summed E-state index contributed by atoms with van der Waals surface area (Å²) < 4.78 is 0. The maximum atomic E-state index is 4.13. The molecule has 0 aromatic heterocycles. The van der Waals surface area contributed by atoms with Gasteiger partial charge < -0.3 is 0 Å². The summed E-state index contributed by atoms with van der Waals surface area (Å²) in [6, 6.07) is 53.6. The molecule has 0 fully saturated rings. The van der Waals surface area contributed by atoms with E-state index in [4.69, 9.17) is 0 Å².